The smallest absolute Gasteiger partial charge is 0.0794 e. The first-order valence-corrected chi connectivity index (χ1v) is 5.72. The molecule has 0 bridgehead atoms. The molecule has 0 spiro atoms. The fourth-order valence-electron chi connectivity index (χ4n) is 1.56. The Labute approximate surface area is 89.5 Å². The van der Waals surface area contributed by atoms with Crippen molar-refractivity contribution in [2.45, 2.75) is 19.4 Å². The number of nitrogens with one attached hydrogen (secondary N) is 1. The predicted octanol–water partition coefficient (Wildman–Crippen LogP) is 2.08. The molecule has 0 radical (unpaired) electrons. The molecule has 4 heteroatoms. The minimum atomic E-state index is 0.401. The zero-order chi connectivity index (χ0) is 10.4. The molecule has 1 aromatic heterocycles. The van der Waals surface area contributed by atoms with Gasteiger partial charge in [-0.2, -0.15) is 0 Å². The van der Waals surface area contributed by atoms with Gasteiger partial charge in [0.05, 0.1) is 5.51 Å². The number of hydrogen-bond donors (Lipinski definition) is 1. The second-order valence-electron chi connectivity index (χ2n) is 3.43. The molecule has 1 heterocycles. The lowest BCUT2D eigenvalue weighted by Crippen LogP contribution is -2.23. The van der Waals surface area contributed by atoms with Crippen LogP contribution in [0, 0.1) is 5.92 Å². The summed E-state index contributed by atoms with van der Waals surface area (Å²) in [6.45, 7) is 3.05. The van der Waals surface area contributed by atoms with Crippen LogP contribution in [0.1, 0.15) is 24.3 Å². The van der Waals surface area contributed by atoms with Crippen LogP contribution in [-0.2, 0) is 4.74 Å². The molecule has 0 saturated heterocycles. The van der Waals surface area contributed by atoms with Crippen LogP contribution in [0.15, 0.2) is 11.7 Å². The third kappa shape index (κ3) is 3.04. The zero-order valence-electron chi connectivity index (χ0n) is 8.99. The quantitative estimate of drug-likeness (QED) is 0.787. The van der Waals surface area contributed by atoms with Gasteiger partial charge < -0.3 is 10.1 Å². The van der Waals surface area contributed by atoms with E-state index in [4.69, 9.17) is 4.74 Å². The van der Waals surface area contributed by atoms with Crippen LogP contribution in [-0.4, -0.2) is 25.7 Å². The lowest BCUT2D eigenvalue weighted by atomic mass is 9.98. The highest BCUT2D eigenvalue weighted by Crippen LogP contribution is 2.26. The summed E-state index contributed by atoms with van der Waals surface area (Å²) < 4.78 is 5.08. The van der Waals surface area contributed by atoms with Crippen LogP contribution in [0.5, 0.6) is 0 Å². The van der Waals surface area contributed by atoms with E-state index in [1.54, 1.807) is 18.4 Å². The van der Waals surface area contributed by atoms with E-state index in [-0.39, 0.29) is 0 Å². The van der Waals surface area contributed by atoms with Gasteiger partial charge in [0.25, 0.3) is 0 Å². The maximum absolute atomic E-state index is 5.08. The summed E-state index contributed by atoms with van der Waals surface area (Å²) in [5.74, 6) is 0.570. The largest absolute Gasteiger partial charge is 0.385 e. The number of nitrogens with zero attached hydrogens (tertiary/aromatic N) is 1. The summed E-state index contributed by atoms with van der Waals surface area (Å²) in [7, 11) is 3.74. The van der Waals surface area contributed by atoms with Gasteiger partial charge in [-0.05, 0) is 19.4 Å². The second kappa shape index (κ2) is 6.11. The Morgan fingerprint density at radius 2 is 2.43 bits per heavy atom. The molecule has 1 rings (SSSR count). The van der Waals surface area contributed by atoms with E-state index in [9.17, 15) is 0 Å². The molecular weight excluding hydrogens is 196 g/mol. The number of methoxy groups -OCH3 is 1. The van der Waals surface area contributed by atoms with Crippen molar-refractivity contribution in [2.24, 2.45) is 5.92 Å². The molecule has 0 aliphatic rings. The molecule has 1 aromatic rings. The summed E-state index contributed by atoms with van der Waals surface area (Å²) in [4.78, 5) is 5.40. The van der Waals surface area contributed by atoms with Gasteiger partial charge in [0, 0.05) is 30.8 Å². The van der Waals surface area contributed by atoms with Gasteiger partial charge in [-0.25, -0.2) is 0 Å². The maximum Gasteiger partial charge on any atom is 0.0794 e. The van der Waals surface area contributed by atoms with Gasteiger partial charge in [-0.3, -0.25) is 4.98 Å². The molecule has 14 heavy (non-hydrogen) atoms. The van der Waals surface area contributed by atoms with E-state index in [0.29, 0.717) is 12.0 Å². The molecule has 0 saturated carbocycles. The van der Waals surface area contributed by atoms with Crippen LogP contribution in [0.3, 0.4) is 0 Å². The van der Waals surface area contributed by atoms with Gasteiger partial charge in [-0.1, -0.05) is 6.92 Å². The van der Waals surface area contributed by atoms with Gasteiger partial charge in [-0.15, -0.1) is 11.3 Å². The second-order valence-corrected chi connectivity index (χ2v) is 4.35. The number of ether oxygens (including phenoxy) is 1. The summed E-state index contributed by atoms with van der Waals surface area (Å²) in [6.07, 6.45) is 3.01. The van der Waals surface area contributed by atoms with Crippen LogP contribution < -0.4 is 5.32 Å². The average Bonchev–Trinajstić information content (AvgIpc) is 2.69. The summed E-state index contributed by atoms with van der Waals surface area (Å²) in [6, 6.07) is 0.401. The summed E-state index contributed by atoms with van der Waals surface area (Å²) in [5, 5.41) is 3.33. The molecular formula is C10H18N2OS. The maximum atomic E-state index is 5.08. The summed E-state index contributed by atoms with van der Waals surface area (Å²) >= 11 is 1.70. The molecule has 0 aromatic carbocycles. The molecule has 3 nitrogen and oxygen atoms in total. The van der Waals surface area contributed by atoms with Crippen molar-refractivity contribution in [3.05, 3.63) is 16.6 Å². The van der Waals surface area contributed by atoms with Gasteiger partial charge in [0.2, 0.25) is 0 Å². The van der Waals surface area contributed by atoms with Gasteiger partial charge in [0.15, 0.2) is 0 Å². The SMILES string of the molecule is CNC(c1cncs1)C(C)CCOC. The number of aromatic nitrogens is 1. The fourth-order valence-corrected chi connectivity index (χ4v) is 2.42. The lowest BCUT2D eigenvalue weighted by molar-refractivity contribution is 0.171. The summed E-state index contributed by atoms with van der Waals surface area (Å²) in [5.41, 5.74) is 1.88. The average molecular weight is 214 g/mol. The molecule has 0 aliphatic heterocycles. The van der Waals surface area contributed by atoms with Crippen LogP contribution >= 0.6 is 11.3 Å². The van der Waals surface area contributed by atoms with Crippen molar-refractivity contribution in [3.63, 3.8) is 0 Å². The van der Waals surface area contributed by atoms with Gasteiger partial charge in [0.1, 0.15) is 0 Å². The van der Waals surface area contributed by atoms with E-state index < -0.39 is 0 Å². The highest BCUT2D eigenvalue weighted by atomic mass is 32.1. The topological polar surface area (TPSA) is 34.2 Å². The first-order valence-electron chi connectivity index (χ1n) is 4.84. The minimum absolute atomic E-state index is 0.401. The minimum Gasteiger partial charge on any atom is -0.385 e. The Morgan fingerprint density at radius 1 is 1.64 bits per heavy atom. The van der Waals surface area contributed by atoms with Crippen molar-refractivity contribution < 1.29 is 4.74 Å². The van der Waals surface area contributed by atoms with Crippen molar-refractivity contribution in [2.75, 3.05) is 20.8 Å². The van der Waals surface area contributed by atoms with Gasteiger partial charge >= 0.3 is 0 Å². The van der Waals surface area contributed by atoms with E-state index in [2.05, 4.69) is 17.2 Å². The van der Waals surface area contributed by atoms with E-state index in [1.807, 2.05) is 18.8 Å². The normalized spacial score (nSPS) is 15.4. The number of thiazole rings is 1. The lowest BCUT2D eigenvalue weighted by Gasteiger charge is -2.21. The monoisotopic (exact) mass is 214 g/mol. The first kappa shape index (κ1) is 11.6. The third-order valence-corrected chi connectivity index (χ3v) is 3.27. The van der Waals surface area contributed by atoms with Crippen LogP contribution in [0.4, 0.5) is 0 Å². The molecule has 0 fully saturated rings. The fraction of sp³-hybridized carbons (Fsp3) is 0.700. The van der Waals surface area contributed by atoms with Crippen molar-refractivity contribution in [3.8, 4) is 0 Å². The molecule has 0 amide bonds. The van der Waals surface area contributed by atoms with E-state index >= 15 is 0 Å². The molecule has 0 aliphatic carbocycles. The number of hydrogen-bond acceptors (Lipinski definition) is 4. The van der Waals surface area contributed by atoms with Crippen molar-refractivity contribution >= 4 is 11.3 Å². The van der Waals surface area contributed by atoms with Crippen molar-refractivity contribution in [1.82, 2.24) is 10.3 Å². The molecule has 1 N–H and O–H groups in total. The Hall–Kier alpha value is -0.450. The highest BCUT2D eigenvalue weighted by molar-refractivity contribution is 7.09. The van der Waals surface area contributed by atoms with Crippen molar-refractivity contribution in [1.29, 1.82) is 0 Å². The molecule has 2 atom stereocenters. The number of rotatable bonds is 6. The first-order chi connectivity index (χ1) is 6.79. The van der Waals surface area contributed by atoms with Crippen LogP contribution in [0.25, 0.3) is 0 Å². The predicted molar refractivity (Wildman–Crippen MR) is 59.6 cm³/mol. The van der Waals surface area contributed by atoms with Crippen LogP contribution in [0.2, 0.25) is 0 Å². The Kier molecular flexibility index (Phi) is 5.07. The zero-order valence-corrected chi connectivity index (χ0v) is 9.80. The third-order valence-electron chi connectivity index (χ3n) is 2.42. The molecule has 2 unspecified atom stereocenters. The van der Waals surface area contributed by atoms with E-state index in [1.165, 1.54) is 4.88 Å². The van der Waals surface area contributed by atoms with E-state index in [0.717, 1.165) is 13.0 Å². The Balaban J connectivity index is 2.53. The Morgan fingerprint density at radius 3 is 2.93 bits per heavy atom. The highest BCUT2D eigenvalue weighted by Gasteiger charge is 2.18. The Bertz CT molecular complexity index is 238. The molecule has 80 valence electrons. The standard InChI is InChI=1S/C10H18N2OS/c1-8(4-5-13-3)10(11-2)9-6-12-7-14-9/h6-8,10-11H,4-5H2,1-3H3.